The van der Waals surface area contributed by atoms with Crippen LogP contribution in [0.25, 0.3) is 0 Å². The van der Waals surface area contributed by atoms with Gasteiger partial charge in [0.2, 0.25) is 5.91 Å². The summed E-state index contributed by atoms with van der Waals surface area (Å²) in [6, 6.07) is 12.9. The van der Waals surface area contributed by atoms with E-state index in [1.165, 1.54) is 0 Å². The molecule has 2 heterocycles. The summed E-state index contributed by atoms with van der Waals surface area (Å²) in [5.41, 5.74) is 0. The highest BCUT2D eigenvalue weighted by atomic mass is 16.5. The third-order valence-electron chi connectivity index (χ3n) is 4.80. The van der Waals surface area contributed by atoms with Crippen molar-refractivity contribution in [3.8, 4) is 5.75 Å². The third kappa shape index (κ3) is 3.74. The van der Waals surface area contributed by atoms with Gasteiger partial charge in [-0.25, -0.2) is 0 Å². The van der Waals surface area contributed by atoms with Gasteiger partial charge in [-0.15, -0.1) is 0 Å². The fourth-order valence-electron chi connectivity index (χ4n) is 3.12. The molecule has 0 atom stereocenters. The van der Waals surface area contributed by atoms with Crippen molar-refractivity contribution in [3.05, 3.63) is 54.0 Å². The van der Waals surface area contributed by atoms with Crippen LogP contribution >= 0.6 is 0 Å². The van der Waals surface area contributed by atoms with Gasteiger partial charge >= 0.3 is 0 Å². The van der Waals surface area contributed by atoms with Gasteiger partial charge in [-0.05, 0) is 37.1 Å². The molecule has 1 saturated heterocycles. The maximum atomic E-state index is 12.6. The van der Waals surface area contributed by atoms with E-state index in [0.29, 0.717) is 37.7 Å². The summed E-state index contributed by atoms with van der Waals surface area (Å²) in [5, 5.41) is 0. The molecular weight excluding hydrogens is 332 g/mol. The second-order valence-corrected chi connectivity index (χ2v) is 6.76. The Labute approximate surface area is 152 Å². The molecule has 0 bridgehead atoms. The highest BCUT2D eigenvalue weighted by Gasteiger charge is 2.35. The number of nitrogens with zero attached hydrogens (tertiary/aromatic N) is 2. The van der Waals surface area contributed by atoms with E-state index in [0.717, 1.165) is 18.6 Å². The summed E-state index contributed by atoms with van der Waals surface area (Å²) >= 11 is 0. The van der Waals surface area contributed by atoms with Gasteiger partial charge in [0.25, 0.3) is 5.91 Å². The third-order valence-corrected chi connectivity index (χ3v) is 4.80. The van der Waals surface area contributed by atoms with Crippen molar-refractivity contribution in [1.29, 1.82) is 0 Å². The fraction of sp³-hybridized carbons (Fsp3) is 0.400. The highest BCUT2D eigenvalue weighted by Crippen LogP contribution is 2.31. The molecule has 6 nitrogen and oxygen atoms in total. The molecule has 1 aliphatic heterocycles. The zero-order valence-electron chi connectivity index (χ0n) is 14.6. The second-order valence-electron chi connectivity index (χ2n) is 6.76. The Morgan fingerprint density at radius 3 is 2.35 bits per heavy atom. The molecule has 4 rings (SSSR count). The number of hydrogen-bond acceptors (Lipinski definition) is 4. The zero-order chi connectivity index (χ0) is 17.9. The largest absolute Gasteiger partial charge is 0.486 e. The van der Waals surface area contributed by atoms with Crippen molar-refractivity contribution in [2.75, 3.05) is 26.2 Å². The molecule has 2 aromatic rings. The molecule has 2 fully saturated rings. The minimum absolute atomic E-state index is 0.130. The normalized spacial score (nSPS) is 17.2. The highest BCUT2D eigenvalue weighted by molar-refractivity contribution is 5.91. The summed E-state index contributed by atoms with van der Waals surface area (Å²) in [4.78, 5) is 28.3. The molecule has 1 saturated carbocycles. The Morgan fingerprint density at radius 2 is 1.65 bits per heavy atom. The summed E-state index contributed by atoms with van der Waals surface area (Å²) in [5.74, 6) is 2.03. The van der Waals surface area contributed by atoms with Gasteiger partial charge in [-0.3, -0.25) is 9.59 Å². The van der Waals surface area contributed by atoms with Crippen LogP contribution in [0.2, 0.25) is 0 Å². The first kappa shape index (κ1) is 16.7. The molecule has 0 N–H and O–H groups in total. The standard InChI is InChI=1S/C20H22N2O4/c23-19(15-6-7-15)21-10-12-22(13-11-21)20(24)18-9-8-17(26-18)14-25-16-4-2-1-3-5-16/h1-5,8-9,15H,6-7,10-14H2. The van der Waals surface area contributed by atoms with Crippen LogP contribution in [0.15, 0.2) is 46.9 Å². The minimum atomic E-state index is -0.130. The van der Waals surface area contributed by atoms with Crippen LogP contribution in [0.3, 0.4) is 0 Å². The summed E-state index contributed by atoms with van der Waals surface area (Å²) in [6.07, 6.45) is 2.02. The average molecular weight is 354 g/mol. The van der Waals surface area contributed by atoms with Gasteiger partial charge in [-0.1, -0.05) is 18.2 Å². The number of piperazine rings is 1. The van der Waals surface area contributed by atoms with Gasteiger partial charge in [0.15, 0.2) is 5.76 Å². The maximum absolute atomic E-state index is 12.6. The first-order valence-corrected chi connectivity index (χ1v) is 9.05. The molecule has 0 unspecified atom stereocenters. The molecule has 2 aliphatic rings. The number of rotatable bonds is 5. The molecular formula is C20H22N2O4. The van der Waals surface area contributed by atoms with Crippen molar-refractivity contribution in [2.24, 2.45) is 5.92 Å². The van der Waals surface area contributed by atoms with E-state index in [1.54, 1.807) is 17.0 Å². The van der Waals surface area contributed by atoms with E-state index in [2.05, 4.69) is 0 Å². The van der Waals surface area contributed by atoms with E-state index >= 15 is 0 Å². The maximum Gasteiger partial charge on any atom is 0.289 e. The van der Waals surface area contributed by atoms with Crippen LogP contribution in [-0.2, 0) is 11.4 Å². The second kappa shape index (κ2) is 7.23. The van der Waals surface area contributed by atoms with Gasteiger partial charge in [0.1, 0.15) is 18.1 Å². The average Bonchev–Trinajstić information content (AvgIpc) is 3.44. The monoisotopic (exact) mass is 354 g/mol. The van der Waals surface area contributed by atoms with Gasteiger partial charge in [0.05, 0.1) is 0 Å². The van der Waals surface area contributed by atoms with Crippen LogP contribution in [0.5, 0.6) is 5.75 Å². The summed E-state index contributed by atoms with van der Waals surface area (Å²) < 4.78 is 11.3. The number of ether oxygens (including phenoxy) is 1. The Bertz CT molecular complexity index is 774. The van der Waals surface area contributed by atoms with E-state index < -0.39 is 0 Å². The molecule has 2 amide bonds. The molecule has 6 heteroatoms. The van der Waals surface area contributed by atoms with Gasteiger partial charge in [-0.2, -0.15) is 0 Å². The molecule has 136 valence electrons. The van der Waals surface area contributed by atoms with Crippen molar-refractivity contribution in [1.82, 2.24) is 9.80 Å². The van der Waals surface area contributed by atoms with Crippen LogP contribution in [0, 0.1) is 5.92 Å². The van der Waals surface area contributed by atoms with Crippen LogP contribution in [0.1, 0.15) is 29.2 Å². The Hall–Kier alpha value is -2.76. The first-order valence-electron chi connectivity index (χ1n) is 9.05. The number of furan rings is 1. The van der Waals surface area contributed by atoms with Crippen molar-refractivity contribution in [2.45, 2.75) is 19.4 Å². The SMILES string of the molecule is O=C(c1ccc(COc2ccccc2)o1)N1CCN(C(=O)C2CC2)CC1. The number of hydrogen-bond donors (Lipinski definition) is 0. The zero-order valence-corrected chi connectivity index (χ0v) is 14.6. The molecule has 0 spiro atoms. The quantitative estimate of drug-likeness (QED) is 0.828. The van der Waals surface area contributed by atoms with Gasteiger partial charge in [0, 0.05) is 32.1 Å². The summed E-state index contributed by atoms with van der Waals surface area (Å²) in [6.45, 7) is 2.58. The molecule has 1 aliphatic carbocycles. The van der Waals surface area contributed by atoms with Crippen LogP contribution < -0.4 is 4.74 Å². The Morgan fingerprint density at radius 1 is 0.962 bits per heavy atom. The molecule has 26 heavy (non-hydrogen) atoms. The topological polar surface area (TPSA) is 63.0 Å². The lowest BCUT2D eigenvalue weighted by atomic mass is 10.2. The van der Waals surface area contributed by atoms with Crippen LogP contribution in [-0.4, -0.2) is 47.8 Å². The predicted molar refractivity (Wildman–Crippen MR) is 94.7 cm³/mol. The Kier molecular flexibility index (Phi) is 4.65. The number of carbonyl (C=O) groups is 2. The molecule has 1 aromatic carbocycles. The first-order chi connectivity index (χ1) is 12.7. The van der Waals surface area contributed by atoms with Crippen LogP contribution in [0.4, 0.5) is 0 Å². The minimum Gasteiger partial charge on any atom is -0.486 e. The Balaban J connectivity index is 1.30. The number of benzene rings is 1. The smallest absolute Gasteiger partial charge is 0.289 e. The lowest BCUT2D eigenvalue weighted by Crippen LogP contribution is -2.51. The van der Waals surface area contributed by atoms with Crippen molar-refractivity contribution >= 4 is 11.8 Å². The van der Waals surface area contributed by atoms with E-state index in [9.17, 15) is 9.59 Å². The number of para-hydroxylation sites is 1. The summed E-state index contributed by atoms with van der Waals surface area (Å²) in [7, 11) is 0. The molecule has 0 radical (unpaired) electrons. The van der Waals surface area contributed by atoms with Crippen molar-refractivity contribution in [3.63, 3.8) is 0 Å². The van der Waals surface area contributed by atoms with E-state index in [1.807, 2.05) is 35.2 Å². The number of amides is 2. The van der Waals surface area contributed by atoms with Crippen molar-refractivity contribution < 1.29 is 18.7 Å². The predicted octanol–water partition coefficient (Wildman–Crippen LogP) is 2.55. The number of carbonyl (C=O) groups excluding carboxylic acids is 2. The van der Waals surface area contributed by atoms with E-state index in [-0.39, 0.29) is 24.3 Å². The molecule has 1 aromatic heterocycles. The fourth-order valence-corrected chi connectivity index (χ4v) is 3.12. The lowest BCUT2D eigenvalue weighted by Gasteiger charge is -2.34. The van der Waals surface area contributed by atoms with E-state index in [4.69, 9.17) is 9.15 Å². The lowest BCUT2D eigenvalue weighted by molar-refractivity contribution is -0.134. The van der Waals surface area contributed by atoms with Gasteiger partial charge < -0.3 is 19.0 Å².